The van der Waals surface area contributed by atoms with E-state index in [0.717, 1.165) is 18.1 Å². The smallest absolute Gasteiger partial charge is 0.136 e. The molecule has 0 atom stereocenters. The van der Waals surface area contributed by atoms with Crippen molar-refractivity contribution < 1.29 is 0 Å². The lowest BCUT2D eigenvalue weighted by atomic mass is 10.1. The van der Waals surface area contributed by atoms with Gasteiger partial charge in [0.2, 0.25) is 0 Å². The zero-order valence-corrected chi connectivity index (χ0v) is 26.8. The Kier molecular flexibility index (Phi) is 14.7. The van der Waals surface area contributed by atoms with E-state index >= 15 is 0 Å². The molecule has 0 unspecified atom stereocenters. The van der Waals surface area contributed by atoms with Crippen LogP contribution in [0.5, 0.6) is 0 Å². The maximum absolute atomic E-state index is 3.03. The summed E-state index contributed by atoms with van der Waals surface area (Å²) in [5.74, 6) is 0. The minimum absolute atomic E-state index is 0.736. The molecular weight excluding hydrogens is 471 g/mol. The molecule has 0 aromatic heterocycles. The largest absolute Gasteiger partial charge is 0.308 e. The van der Waals surface area contributed by atoms with Crippen molar-refractivity contribution >= 4 is 7.87 Å². The predicted molar refractivity (Wildman–Crippen MR) is 166 cm³/mol. The summed E-state index contributed by atoms with van der Waals surface area (Å²) in [6.07, 6.45) is 32.5. The number of hydrogen-bond donors (Lipinski definition) is 0. The van der Waals surface area contributed by atoms with Gasteiger partial charge in [-0.05, 0) is 44.9 Å². The summed E-state index contributed by atoms with van der Waals surface area (Å²) in [7, 11) is 8.44. The average molecular weight is 538 g/mol. The van der Waals surface area contributed by atoms with E-state index in [1.54, 1.807) is 0 Å². The SMILES string of the molecule is CCCCCCCN(C)[P+](N(C)C1CCCCCC1)(N(C)C1CCCCCC1)N(C)C1CCCCCC1. The van der Waals surface area contributed by atoms with E-state index < -0.39 is 7.87 Å². The van der Waals surface area contributed by atoms with E-state index in [0.29, 0.717) is 0 Å². The van der Waals surface area contributed by atoms with E-state index in [2.05, 4.69) is 53.8 Å². The minimum atomic E-state index is -1.85. The Labute approximate surface area is 233 Å². The Morgan fingerprint density at radius 2 is 0.784 bits per heavy atom. The van der Waals surface area contributed by atoms with Crippen LogP contribution in [0, 0.1) is 0 Å². The van der Waals surface area contributed by atoms with Crippen LogP contribution in [0.2, 0.25) is 0 Å². The Morgan fingerprint density at radius 1 is 0.459 bits per heavy atom. The lowest BCUT2D eigenvalue weighted by molar-refractivity contribution is 0.195. The summed E-state index contributed by atoms with van der Waals surface area (Å²) < 4.78 is 12.0. The highest BCUT2D eigenvalue weighted by atomic mass is 31.2. The normalized spacial score (nSPS) is 22.6. The first-order chi connectivity index (χ1) is 18.0. The third-order valence-corrected chi connectivity index (χ3v) is 15.0. The molecule has 3 rings (SSSR count). The number of rotatable bonds is 13. The molecule has 0 N–H and O–H groups in total. The van der Waals surface area contributed by atoms with Crippen LogP contribution >= 0.6 is 7.87 Å². The Morgan fingerprint density at radius 3 is 1.11 bits per heavy atom. The van der Waals surface area contributed by atoms with Crippen molar-refractivity contribution in [3.8, 4) is 0 Å². The van der Waals surface area contributed by atoms with Crippen molar-refractivity contribution in [3.63, 3.8) is 0 Å². The molecule has 5 heteroatoms. The van der Waals surface area contributed by atoms with Gasteiger partial charge in [0.05, 0.1) is 0 Å². The van der Waals surface area contributed by atoms with Crippen LogP contribution < -0.4 is 0 Å². The van der Waals surface area contributed by atoms with Crippen molar-refractivity contribution in [2.45, 2.75) is 173 Å². The quantitative estimate of drug-likeness (QED) is 0.132. The topological polar surface area (TPSA) is 13.0 Å². The molecule has 3 fully saturated rings. The summed E-state index contributed by atoms with van der Waals surface area (Å²) >= 11 is 0. The van der Waals surface area contributed by atoms with Crippen LogP contribution in [0.4, 0.5) is 0 Å². The van der Waals surface area contributed by atoms with E-state index in [1.807, 2.05) is 0 Å². The summed E-state index contributed by atoms with van der Waals surface area (Å²) in [4.78, 5) is 0. The molecule has 0 bridgehead atoms. The Balaban J connectivity index is 1.98. The van der Waals surface area contributed by atoms with E-state index in [9.17, 15) is 0 Å². The second-order valence-corrected chi connectivity index (χ2v) is 16.6. The van der Waals surface area contributed by atoms with Gasteiger partial charge in [-0.2, -0.15) is 0 Å². The standard InChI is InChI=1S/C32H66N4P/c1-6-7-8-15-22-29-33(2)37(34(3)30-23-16-9-10-17-24-30,35(4)31-25-18-11-12-19-26-31)36(5)32-27-20-13-14-21-28-32/h30-32H,6-29H2,1-5H3/q+1. The van der Waals surface area contributed by atoms with Gasteiger partial charge in [-0.15, -0.1) is 18.7 Å². The van der Waals surface area contributed by atoms with Gasteiger partial charge in [-0.25, -0.2) is 0 Å². The first-order valence-electron chi connectivity index (χ1n) is 16.8. The number of unbranched alkanes of at least 4 members (excludes halogenated alkanes) is 4. The number of nitrogens with zero attached hydrogens (tertiary/aromatic N) is 4. The molecule has 0 aliphatic heterocycles. The van der Waals surface area contributed by atoms with E-state index in [1.165, 1.54) is 154 Å². The zero-order chi connectivity index (χ0) is 26.5. The van der Waals surface area contributed by atoms with Crippen molar-refractivity contribution in [1.82, 2.24) is 18.7 Å². The van der Waals surface area contributed by atoms with Crippen molar-refractivity contribution in [1.29, 1.82) is 0 Å². The fourth-order valence-corrected chi connectivity index (χ4v) is 13.2. The molecule has 0 heterocycles. The third kappa shape index (κ3) is 8.63. The molecule has 3 aliphatic carbocycles. The second-order valence-electron chi connectivity index (χ2n) is 13.0. The van der Waals surface area contributed by atoms with Crippen LogP contribution in [0.15, 0.2) is 0 Å². The second kappa shape index (κ2) is 17.2. The predicted octanol–water partition coefficient (Wildman–Crippen LogP) is 9.53. The van der Waals surface area contributed by atoms with Gasteiger partial charge < -0.3 is 0 Å². The fourth-order valence-electron chi connectivity index (χ4n) is 8.02. The zero-order valence-electron chi connectivity index (χ0n) is 25.9. The highest BCUT2D eigenvalue weighted by Gasteiger charge is 2.61. The number of hydrogen-bond acceptors (Lipinski definition) is 4. The van der Waals surface area contributed by atoms with Crippen molar-refractivity contribution in [2.24, 2.45) is 0 Å². The minimum Gasteiger partial charge on any atom is -0.136 e. The summed E-state index contributed by atoms with van der Waals surface area (Å²) in [5, 5.41) is 0. The Hall–Kier alpha value is 0.270. The molecule has 0 spiro atoms. The summed E-state index contributed by atoms with van der Waals surface area (Å²) in [6, 6.07) is 2.21. The van der Waals surface area contributed by atoms with Gasteiger partial charge in [-0.3, -0.25) is 0 Å². The maximum Gasteiger partial charge on any atom is 0.308 e. The first-order valence-corrected chi connectivity index (χ1v) is 18.4. The summed E-state index contributed by atoms with van der Waals surface area (Å²) in [5.41, 5.74) is 0. The monoisotopic (exact) mass is 538 g/mol. The molecule has 218 valence electrons. The van der Waals surface area contributed by atoms with Gasteiger partial charge in [0, 0.05) is 52.9 Å². The molecule has 4 nitrogen and oxygen atoms in total. The van der Waals surface area contributed by atoms with Crippen molar-refractivity contribution in [2.75, 3.05) is 34.7 Å². The lowest BCUT2D eigenvalue weighted by Gasteiger charge is -2.53. The third-order valence-electron chi connectivity index (χ3n) is 10.4. The fraction of sp³-hybridized carbons (Fsp3) is 1.00. The Bertz CT molecular complexity index is 513. The van der Waals surface area contributed by atoms with Crippen LogP contribution in [-0.2, 0) is 0 Å². The average Bonchev–Trinajstić information content (AvgIpc) is 3.45. The van der Waals surface area contributed by atoms with Crippen LogP contribution in [-0.4, -0.2) is 71.5 Å². The highest BCUT2D eigenvalue weighted by Crippen LogP contribution is 2.71. The highest BCUT2D eigenvalue weighted by molar-refractivity contribution is 7.66. The van der Waals surface area contributed by atoms with Gasteiger partial charge >= 0.3 is 7.87 Å². The van der Waals surface area contributed by atoms with Gasteiger partial charge in [0.15, 0.2) is 0 Å². The van der Waals surface area contributed by atoms with Crippen molar-refractivity contribution in [3.05, 3.63) is 0 Å². The molecular formula is C32H66N4P+. The van der Waals surface area contributed by atoms with E-state index in [4.69, 9.17) is 0 Å². The van der Waals surface area contributed by atoms with E-state index in [-0.39, 0.29) is 0 Å². The molecule has 0 amide bonds. The van der Waals surface area contributed by atoms with Gasteiger partial charge in [0.1, 0.15) is 0 Å². The molecule has 37 heavy (non-hydrogen) atoms. The summed E-state index contributed by atoms with van der Waals surface area (Å²) in [6.45, 7) is 3.59. The molecule has 0 saturated heterocycles. The molecule has 0 aromatic rings. The maximum atomic E-state index is 3.03. The van der Waals surface area contributed by atoms with Crippen LogP contribution in [0.25, 0.3) is 0 Å². The van der Waals surface area contributed by atoms with Crippen LogP contribution in [0.3, 0.4) is 0 Å². The molecule has 3 aliphatic rings. The van der Waals surface area contributed by atoms with Crippen LogP contribution in [0.1, 0.15) is 155 Å². The molecule has 0 radical (unpaired) electrons. The first kappa shape index (κ1) is 31.8. The lowest BCUT2D eigenvalue weighted by Crippen LogP contribution is -2.55. The molecule has 0 aromatic carbocycles. The molecule has 3 saturated carbocycles. The van der Waals surface area contributed by atoms with Gasteiger partial charge in [0.25, 0.3) is 0 Å². The van der Waals surface area contributed by atoms with Gasteiger partial charge in [-0.1, -0.05) is 110 Å².